The lowest BCUT2D eigenvalue weighted by atomic mass is 9.70. The second-order valence-electron chi connectivity index (χ2n) is 10.3. The number of fused-ring (bicyclic) bond motifs is 1. The molecule has 4 N–H and O–H groups in total. The molecule has 8 nitrogen and oxygen atoms in total. The molecule has 2 aromatic heterocycles. The summed E-state index contributed by atoms with van der Waals surface area (Å²) >= 11 is 0. The Bertz CT molecular complexity index is 1320. The average molecular weight is 511 g/mol. The van der Waals surface area contributed by atoms with Crippen molar-refractivity contribution in [3.05, 3.63) is 54.0 Å². The molecule has 3 aromatic rings. The molecule has 3 heterocycles. The molecule has 37 heavy (non-hydrogen) atoms. The number of aromatic nitrogens is 3. The van der Waals surface area contributed by atoms with Crippen LogP contribution < -0.4 is 15.8 Å². The first kappa shape index (κ1) is 25.3. The Morgan fingerprint density at radius 1 is 1.19 bits per heavy atom. The van der Waals surface area contributed by atoms with Crippen molar-refractivity contribution in [2.24, 2.45) is 28.5 Å². The van der Waals surface area contributed by atoms with Gasteiger partial charge in [-0.1, -0.05) is 6.92 Å². The summed E-state index contributed by atoms with van der Waals surface area (Å²) in [4.78, 5) is 8.80. The van der Waals surface area contributed by atoms with Gasteiger partial charge in [-0.3, -0.25) is 4.99 Å². The fourth-order valence-corrected chi connectivity index (χ4v) is 5.42. The van der Waals surface area contributed by atoms with Crippen molar-refractivity contribution in [3.63, 3.8) is 0 Å². The number of aliphatic hydroxyl groups is 1. The summed E-state index contributed by atoms with van der Waals surface area (Å²) in [6.07, 6.45) is 6.89. The van der Waals surface area contributed by atoms with Crippen LogP contribution in [0, 0.1) is 29.4 Å². The van der Waals surface area contributed by atoms with Crippen LogP contribution in [0.5, 0.6) is 5.75 Å². The Morgan fingerprint density at radius 3 is 2.65 bits per heavy atom. The zero-order valence-corrected chi connectivity index (χ0v) is 21.1. The van der Waals surface area contributed by atoms with Gasteiger partial charge in [-0.2, -0.15) is 9.61 Å². The van der Waals surface area contributed by atoms with Crippen molar-refractivity contribution in [2.75, 3.05) is 5.32 Å². The normalized spacial score (nSPS) is 25.9. The van der Waals surface area contributed by atoms with Gasteiger partial charge in [0.2, 0.25) is 5.95 Å². The summed E-state index contributed by atoms with van der Waals surface area (Å²) in [5.74, 6) is -0.481. The Hall–Kier alpha value is -3.37. The molecule has 0 spiro atoms. The largest absolute Gasteiger partial charge is 0.491 e. The van der Waals surface area contributed by atoms with Crippen LogP contribution in [-0.2, 0) is 0 Å². The molecule has 196 valence electrons. The lowest BCUT2D eigenvalue weighted by molar-refractivity contribution is 0.0287. The predicted molar refractivity (Wildman–Crippen MR) is 138 cm³/mol. The van der Waals surface area contributed by atoms with E-state index in [-0.39, 0.29) is 46.9 Å². The van der Waals surface area contributed by atoms with Gasteiger partial charge in [-0.05, 0) is 57.1 Å². The van der Waals surface area contributed by atoms with Gasteiger partial charge in [-0.25, -0.2) is 13.8 Å². The van der Waals surface area contributed by atoms with E-state index in [4.69, 9.17) is 10.5 Å². The number of allylic oxidation sites excluding steroid dienone is 1. The number of aliphatic hydroxyl groups excluding tert-OH is 1. The van der Waals surface area contributed by atoms with E-state index in [0.717, 1.165) is 18.5 Å². The molecule has 5 unspecified atom stereocenters. The third kappa shape index (κ3) is 5.08. The standard InChI is InChI=1S/C27H32F2N6O2/c1-14(2)37-18-10-20(28)25(21(29)11-18)23-5-4-17-12-32-27(35(17)34-23)33-24-13-31-7-6-19(24)16-8-15(3)26(36)22(30)9-16/h4-5,7,10-16,19,22,26,36H,6,8-9,30H2,1-3H3,(H,32,33). The summed E-state index contributed by atoms with van der Waals surface area (Å²) in [6.45, 7) is 5.60. The third-order valence-corrected chi connectivity index (χ3v) is 7.20. The molecule has 5 atom stereocenters. The summed E-state index contributed by atoms with van der Waals surface area (Å²) in [7, 11) is 0. The highest BCUT2D eigenvalue weighted by atomic mass is 19.1. The zero-order chi connectivity index (χ0) is 26.3. The molecule has 10 heteroatoms. The van der Waals surface area contributed by atoms with Crippen LogP contribution in [0.3, 0.4) is 0 Å². The van der Waals surface area contributed by atoms with Crippen molar-refractivity contribution >= 4 is 17.7 Å². The molecule has 1 aromatic carbocycles. The molecule has 1 fully saturated rings. The molecular weight excluding hydrogens is 478 g/mol. The summed E-state index contributed by atoms with van der Waals surface area (Å²) in [5.41, 5.74) is 7.67. The van der Waals surface area contributed by atoms with E-state index < -0.39 is 17.7 Å². The minimum atomic E-state index is -0.758. The van der Waals surface area contributed by atoms with Crippen LogP contribution in [0.4, 0.5) is 14.7 Å². The van der Waals surface area contributed by atoms with Crippen molar-refractivity contribution < 1.29 is 18.6 Å². The number of benzene rings is 1. The van der Waals surface area contributed by atoms with Gasteiger partial charge >= 0.3 is 0 Å². The lowest BCUT2D eigenvalue weighted by Gasteiger charge is -2.40. The smallest absolute Gasteiger partial charge is 0.228 e. The minimum Gasteiger partial charge on any atom is -0.491 e. The summed E-state index contributed by atoms with van der Waals surface area (Å²) in [5, 5.41) is 18.2. The number of halogens is 2. The molecule has 1 saturated carbocycles. The topological polar surface area (TPSA) is 110 Å². The number of anilines is 1. The van der Waals surface area contributed by atoms with Gasteiger partial charge in [-0.15, -0.1) is 0 Å². The van der Waals surface area contributed by atoms with Crippen LogP contribution in [0.25, 0.3) is 16.8 Å². The predicted octanol–water partition coefficient (Wildman–Crippen LogP) is 4.54. The number of nitrogens with zero attached hydrogens (tertiary/aromatic N) is 4. The maximum Gasteiger partial charge on any atom is 0.228 e. The highest BCUT2D eigenvalue weighted by Crippen LogP contribution is 2.39. The van der Waals surface area contributed by atoms with Gasteiger partial charge in [0.15, 0.2) is 0 Å². The van der Waals surface area contributed by atoms with Crippen molar-refractivity contribution in [2.45, 2.75) is 58.3 Å². The Kier molecular flexibility index (Phi) is 6.96. The summed E-state index contributed by atoms with van der Waals surface area (Å²) < 4.78 is 36.9. The monoisotopic (exact) mass is 510 g/mol. The molecule has 0 bridgehead atoms. The molecule has 1 aliphatic carbocycles. The van der Waals surface area contributed by atoms with Crippen LogP contribution in [0.2, 0.25) is 0 Å². The minimum absolute atomic E-state index is 0.104. The number of imidazole rings is 1. The Balaban J connectivity index is 1.44. The van der Waals surface area contributed by atoms with Gasteiger partial charge in [0.05, 0.1) is 35.2 Å². The first-order valence-electron chi connectivity index (χ1n) is 12.6. The highest BCUT2D eigenvalue weighted by Gasteiger charge is 2.37. The van der Waals surface area contributed by atoms with E-state index in [1.807, 2.05) is 13.1 Å². The maximum absolute atomic E-state index is 14.9. The van der Waals surface area contributed by atoms with Crippen LogP contribution in [-0.4, -0.2) is 44.2 Å². The number of hydrogen-bond acceptors (Lipinski definition) is 7. The van der Waals surface area contributed by atoms with Gasteiger partial charge < -0.3 is 20.9 Å². The molecule has 0 saturated heterocycles. The van der Waals surface area contributed by atoms with Crippen LogP contribution in [0.15, 0.2) is 47.4 Å². The molecule has 0 radical (unpaired) electrons. The van der Waals surface area contributed by atoms with Gasteiger partial charge in [0, 0.05) is 42.2 Å². The highest BCUT2D eigenvalue weighted by molar-refractivity contribution is 5.66. The van der Waals surface area contributed by atoms with E-state index in [1.54, 1.807) is 38.4 Å². The Morgan fingerprint density at radius 2 is 1.95 bits per heavy atom. The number of ether oxygens (including phenoxy) is 1. The van der Waals surface area contributed by atoms with E-state index in [1.165, 1.54) is 16.6 Å². The van der Waals surface area contributed by atoms with Gasteiger partial charge in [0.25, 0.3) is 0 Å². The second kappa shape index (κ2) is 10.2. The van der Waals surface area contributed by atoms with Crippen LogP contribution >= 0.6 is 0 Å². The first-order chi connectivity index (χ1) is 17.7. The molecular formula is C27H32F2N6O2. The van der Waals surface area contributed by atoms with E-state index in [9.17, 15) is 13.9 Å². The molecule has 0 amide bonds. The van der Waals surface area contributed by atoms with Crippen molar-refractivity contribution in [3.8, 4) is 17.0 Å². The number of nitrogens with one attached hydrogen (secondary N) is 1. The fourth-order valence-electron chi connectivity index (χ4n) is 5.42. The van der Waals surface area contributed by atoms with Crippen molar-refractivity contribution in [1.82, 2.24) is 14.6 Å². The van der Waals surface area contributed by atoms with Crippen LogP contribution in [0.1, 0.15) is 40.0 Å². The van der Waals surface area contributed by atoms with E-state index >= 15 is 0 Å². The third-order valence-electron chi connectivity index (χ3n) is 7.20. The zero-order valence-electron chi connectivity index (χ0n) is 21.1. The first-order valence-corrected chi connectivity index (χ1v) is 12.6. The number of rotatable bonds is 6. The molecule has 1 aliphatic heterocycles. The molecule has 2 aliphatic rings. The van der Waals surface area contributed by atoms with Crippen molar-refractivity contribution in [1.29, 1.82) is 0 Å². The van der Waals surface area contributed by atoms with E-state index in [0.29, 0.717) is 17.9 Å². The number of aliphatic imine (C=N–C) groups is 1. The fraction of sp³-hybridized carbons (Fsp3) is 0.444. The lowest BCUT2D eigenvalue weighted by Crippen LogP contribution is -2.47. The number of hydrogen-bond donors (Lipinski definition) is 3. The van der Waals surface area contributed by atoms with Gasteiger partial charge in [0.1, 0.15) is 17.4 Å². The average Bonchev–Trinajstić information content (AvgIpc) is 3.24. The quantitative estimate of drug-likeness (QED) is 0.449. The number of nitrogens with two attached hydrogens (primary N) is 1. The summed E-state index contributed by atoms with van der Waals surface area (Å²) in [6, 6.07) is 5.34. The maximum atomic E-state index is 14.9. The molecule has 5 rings (SSSR count). The second-order valence-corrected chi connectivity index (χ2v) is 10.3. The van der Waals surface area contributed by atoms with E-state index in [2.05, 4.69) is 20.4 Å². The SMILES string of the molecule is CC(C)Oc1cc(F)c(-c2ccc3cnc(NC4=CN=CCC4C4CC(C)C(O)C(N)C4)n3n2)c(F)c1. The Labute approximate surface area is 214 Å².